The van der Waals surface area contributed by atoms with Crippen molar-refractivity contribution in [2.45, 2.75) is 64.0 Å². The molecule has 162 valence electrons. The number of hydrogen-bond donors (Lipinski definition) is 0. The number of nitrogens with zero attached hydrogens (tertiary/aromatic N) is 2. The monoisotopic (exact) mass is 426 g/mol. The Hall–Kier alpha value is -1.68. The molecule has 0 aromatic heterocycles. The quantitative estimate of drug-likeness (QED) is 0.669. The second kappa shape index (κ2) is 8.59. The van der Waals surface area contributed by atoms with E-state index in [1.54, 1.807) is 4.90 Å². The minimum atomic E-state index is -3.62. The van der Waals surface area contributed by atoms with Crippen molar-refractivity contribution < 1.29 is 27.0 Å². The van der Waals surface area contributed by atoms with Gasteiger partial charge in [-0.3, -0.25) is 13.9 Å². The standard InChI is InChI=1S/C20H30N2O6S/c1-20(2,3)22-11-10-18(27-22)17-12-16(28-29(4,24)25)13-21(17)19(23)26-14-15-8-6-5-7-9-15/h5-9,16-18H,10-14H2,1-4H3/t16-,17+,18+/m1/s1. The molecule has 29 heavy (non-hydrogen) atoms. The highest BCUT2D eigenvalue weighted by Crippen LogP contribution is 2.33. The van der Waals surface area contributed by atoms with Gasteiger partial charge in [0.1, 0.15) is 12.7 Å². The van der Waals surface area contributed by atoms with Crippen LogP contribution >= 0.6 is 0 Å². The van der Waals surface area contributed by atoms with Crippen LogP contribution < -0.4 is 0 Å². The highest BCUT2D eigenvalue weighted by Gasteiger charge is 2.46. The van der Waals surface area contributed by atoms with Gasteiger partial charge >= 0.3 is 6.09 Å². The molecule has 0 N–H and O–H groups in total. The highest BCUT2D eigenvalue weighted by molar-refractivity contribution is 7.86. The molecule has 0 saturated carbocycles. The largest absolute Gasteiger partial charge is 0.445 e. The van der Waals surface area contributed by atoms with Crippen molar-refractivity contribution >= 4 is 16.2 Å². The van der Waals surface area contributed by atoms with Crippen LogP contribution in [0.15, 0.2) is 30.3 Å². The average molecular weight is 427 g/mol. The molecular weight excluding hydrogens is 396 g/mol. The van der Waals surface area contributed by atoms with Crippen molar-refractivity contribution in [1.29, 1.82) is 0 Å². The zero-order valence-corrected chi connectivity index (χ0v) is 18.2. The molecule has 2 saturated heterocycles. The van der Waals surface area contributed by atoms with Crippen LogP contribution in [0.1, 0.15) is 39.2 Å². The molecule has 0 radical (unpaired) electrons. The van der Waals surface area contributed by atoms with Gasteiger partial charge in [0.05, 0.1) is 24.9 Å². The van der Waals surface area contributed by atoms with Gasteiger partial charge in [0, 0.05) is 12.1 Å². The van der Waals surface area contributed by atoms with E-state index in [1.807, 2.05) is 35.4 Å². The first-order valence-corrected chi connectivity index (χ1v) is 11.6. The van der Waals surface area contributed by atoms with Gasteiger partial charge in [0.15, 0.2) is 0 Å². The summed E-state index contributed by atoms with van der Waals surface area (Å²) in [6.07, 6.45) is 0.826. The summed E-state index contributed by atoms with van der Waals surface area (Å²) in [5.74, 6) is 0. The summed E-state index contributed by atoms with van der Waals surface area (Å²) in [7, 11) is -3.62. The maximum absolute atomic E-state index is 12.8. The number of ether oxygens (including phenoxy) is 1. The second-order valence-electron chi connectivity index (χ2n) is 8.62. The summed E-state index contributed by atoms with van der Waals surface area (Å²) < 4.78 is 33.8. The van der Waals surface area contributed by atoms with E-state index < -0.39 is 22.3 Å². The average Bonchev–Trinajstić information content (AvgIpc) is 3.26. The Morgan fingerprint density at radius 3 is 2.52 bits per heavy atom. The Kier molecular flexibility index (Phi) is 6.52. The van der Waals surface area contributed by atoms with Gasteiger partial charge in [-0.25, -0.2) is 4.79 Å². The van der Waals surface area contributed by atoms with Crippen LogP contribution in [0.5, 0.6) is 0 Å². The molecule has 9 heteroatoms. The lowest BCUT2D eigenvalue weighted by molar-refractivity contribution is -0.204. The number of carbonyl (C=O) groups excluding carboxylic acids is 1. The fourth-order valence-corrected chi connectivity index (χ4v) is 4.41. The van der Waals surface area contributed by atoms with Crippen LogP contribution in [-0.4, -0.2) is 67.6 Å². The normalized spacial score (nSPS) is 26.1. The highest BCUT2D eigenvalue weighted by atomic mass is 32.2. The Balaban J connectivity index is 1.70. The van der Waals surface area contributed by atoms with E-state index in [2.05, 4.69) is 20.8 Å². The van der Waals surface area contributed by atoms with E-state index in [-0.39, 0.29) is 30.8 Å². The minimum absolute atomic E-state index is 0.153. The van der Waals surface area contributed by atoms with Crippen LogP contribution in [0.2, 0.25) is 0 Å². The Labute approximate surface area is 172 Å². The fraction of sp³-hybridized carbons (Fsp3) is 0.650. The molecule has 2 heterocycles. The first-order chi connectivity index (χ1) is 13.5. The molecule has 2 aliphatic heterocycles. The molecule has 2 fully saturated rings. The summed E-state index contributed by atoms with van der Waals surface area (Å²) in [5.41, 5.74) is 0.728. The maximum Gasteiger partial charge on any atom is 0.410 e. The molecule has 1 aromatic rings. The Bertz CT molecular complexity index is 808. The van der Waals surface area contributed by atoms with Gasteiger partial charge in [-0.1, -0.05) is 30.3 Å². The summed E-state index contributed by atoms with van der Waals surface area (Å²) in [5, 5.41) is 1.91. The van der Waals surface area contributed by atoms with E-state index >= 15 is 0 Å². The molecular formula is C20H30N2O6S. The molecule has 1 amide bonds. The number of hydrogen-bond acceptors (Lipinski definition) is 7. The van der Waals surface area contributed by atoms with Crippen molar-refractivity contribution in [3.05, 3.63) is 35.9 Å². The fourth-order valence-electron chi connectivity index (χ4n) is 3.78. The van der Waals surface area contributed by atoms with Crippen LogP contribution in [0.4, 0.5) is 4.79 Å². The summed E-state index contributed by atoms with van der Waals surface area (Å²) >= 11 is 0. The maximum atomic E-state index is 12.8. The number of benzene rings is 1. The molecule has 8 nitrogen and oxygen atoms in total. The van der Waals surface area contributed by atoms with Crippen molar-refractivity contribution in [3.8, 4) is 0 Å². The predicted octanol–water partition coefficient (Wildman–Crippen LogP) is 2.55. The van der Waals surface area contributed by atoms with Crippen LogP contribution in [0.25, 0.3) is 0 Å². The topological polar surface area (TPSA) is 85.4 Å². The molecule has 3 atom stereocenters. The number of rotatable bonds is 5. The van der Waals surface area contributed by atoms with E-state index in [9.17, 15) is 13.2 Å². The van der Waals surface area contributed by atoms with Crippen molar-refractivity contribution in [2.75, 3.05) is 19.3 Å². The van der Waals surface area contributed by atoms with Crippen molar-refractivity contribution in [3.63, 3.8) is 0 Å². The van der Waals surface area contributed by atoms with E-state index in [4.69, 9.17) is 13.8 Å². The summed E-state index contributed by atoms with van der Waals surface area (Å²) in [6.45, 7) is 7.23. The van der Waals surface area contributed by atoms with Crippen molar-refractivity contribution in [2.24, 2.45) is 0 Å². The molecule has 3 rings (SSSR count). The lowest BCUT2D eigenvalue weighted by Gasteiger charge is -2.33. The first-order valence-electron chi connectivity index (χ1n) is 9.83. The van der Waals surface area contributed by atoms with Gasteiger partial charge in [-0.05, 0) is 39.2 Å². The third-order valence-corrected chi connectivity index (χ3v) is 5.73. The van der Waals surface area contributed by atoms with Gasteiger partial charge in [-0.15, -0.1) is 0 Å². The number of carbonyl (C=O) groups is 1. The molecule has 0 bridgehead atoms. The molecule has 0 unspecified atom stereocenters. The zero-order chi connectivity index (χ0) is 21.2. The molecule has 0 aliphatic carbocycles. The third-order valence-electron chi connectivity index (χ3n) is 5.11. The van der Waals surface area contributed by atoms with Crippen LogP contribution in [-0.2, 0) is 30.5 Å². The molecule has 1 aromatic carbocycles. The Morgan fingerprint density at radius 1 is 1.24 bits per heavy atom. The van der Waals surface area contributed by atoms with Crippen LogP contribution in [0.3, 0.4) is 0 Å². The first kappa shape index (κ1) is 22.0. The second-order valence-corrected chi connectivity index (χ2v) is 10.2. The lowest BCUT2D eigenvalue weighted by atomic mass is 10.1. The molecule has 2 aliphatic rings. The SMILES string of the molecule is CC(C)(C)N1CC[C@@H]([C@@H]2C[C@@H](OS(C)(=O)=O)CN2C(=O)OCc2ccccc2)O1. The Morgan fingerprint density at radius 2 is 1.93 bits per heavy atom. The lowest BCUT2D eigenvalue weighted by Crippen LogP contribution is -2.45. The number of likely N-dealkylation sites (tertiary alicyclic amines) is 1. The third kappa shape index (κ3) is 5.91. The smallest absolute Gasteiger partial charge is 0.410 e. The number of amides is 1. The summed E-state index contributed by atoms with van der Waals surface area (Å²) in [6, 6.07) is 9.11. The number of hydroxylamine groups is 2. The predicted molar refractivity (Wildman–Crippen MR) is 107 cm³/mol. The summed E-state index contributed by atoms with van der Waals surface area (Å²) in [4.78, 5) is 20.5. The van der Waals surface area contributed by atoms with Gasteiger partial charge in [-0.2, -0.15) is 13.5 Å². The minimum Gasteiger partial charge on any atom is -0.445 e. The zero-order valence-electron chi connectivity index (χ0n) is 17.4. The van der Waals surface area contributed by atoms with Gasteiger partial charge < -0.3 is 4.74 Å². The molecule has 0 spiro atoms. The van der Waals surface area contributed by atoms with Gasteiger partial charge in [0.25, 0.3) is 10.1 Å². The van der Waals surface area contributed by atoms with Gasteiger partial charge in [0.2, 0.25) is 0 Å². The van der Waals surface area contributed by atoms with E-state index in [0.717, 1.165) is 24.8 Å². The van der Waals surface area contributed by atoms with Crippen molar-refractivity contribution in [1.82, 2.24) is 9.96 Å². The van der Waals surface area contributed by atoms with E-state index in [1.165, 1.54) is 0 Å². The van der Waals surface area contributed by atoms with E-state index in [0.29, 0.717) is 6.42 Å². The van der Waals surface area contributed by atoms with Crippen LogP contribution in [0, 0.1) is 0 Å².